The van der Waals surface area contributed by atoms with Crippen LogP contribution in [0.1, 0.15) is 172 Å². The smallest absolute Gasteiger partial charge is 0.308 e. The Morgan fingerprint density at radius 1 is 0.448 bits per heavy atom. The molecule has 0 atom stereocenters. The highest BCUT2D eigenvalue weighted by atomic mass is 16.5. The molecule has 0 aromatic heterocycles. The van der Waals surface area contributed by atoms with Crippen LogP contribution in [0.4, 0.5) is 0 Å². The fourth-order valence-corrected chi connectivity index (χ4v) is 6.30. The van der Waals surface area contributed by atoms with E-state index in [1.165, 1.54) is 65.4 Å². The summed E-state index contributed by atoms with van der Waals surface area (Å²) < 4.78 is 16.0. The van der Waals surface area contributed by atoms with Gasteiger partial charge < -0.3 is 14.2 Å². The van der Waals surface area contributed by atoms with E-state index in [1.807, 2.05) is 0 Å². The summed E-state index contributed by atoms with van der Waals surface area (Å²) >= 11 is 0. The number of ether oxygens (including phenoxy) is 3. The monoisotopic (exact) mass is 797 g/mol. The molecule has 320 valence electrons. The molecule has 1 aromatic rings. The van der Waals surface area contributed by atoms with Gasteiger partial charge in [-0.25, -0.2) is 0 Å². The molecule has 6 nitrogen and oxygen atoms in total. The van der Waals surface area contributed by atoms with E-state index in [4.69, 9.17) is 14.2 Å². The van der Waals surface area contributed by atoms with Crippen molar-refractivity contribution in [1.29, 1.82) is 0 Å². The maximum atomic E-state index is 11.6. The Morgan fingerprint density at radius 3 is 1.26 bits per heavy atom. The molecule has 0 saturated heterocycles. The molecule has 6 heteroatoms. The van der Waals surface area contributed by atoms with Gasteiger partial charge >= 0.3 is 17.9 Å². The third-order valence-corrected chi connectivity index (χ3v) is 9.83. The lowest BCUT2D eigenvalue weighted by atomic mass is 10.0. The number of hydrogen-bond acceptors (Lipinski definition) is 6. The summed E-state index contributed by atoms with van der Waals surface area (Å²) in [6.07, 6.45) is 33.5. The topological polar surface area (TPSA) is 78.9 Å². The molecule has 0 unspecified atom stereocenters. The van der Waals surface area contributed by atoms with Gasteiger partial charge in [0.05, 0.1) is 0 Å². The van der Waals surface area contributed by atoms with E-state index < -0.39 is 5.97 Å². The molecule has 0 amide bonds. The van der Waals surface area contributed by atoms with Crippen molar-refractivity contribution in [3.63, 3.8) is 0 Å². The third-order valence-electron chi connectivity index (χ3n) is 9.83. The quantitative estimate of drug-likeness (QED) is 0.0501. The lowest BCUT2D eigenvalue weighted by Crippen LogP contribution is -2.06. The fourth-order valence-electron chi connectivity index (χ4n) is 6.30. The number of allylic oxidation sites excluding steroid dienone is 15. The summed E-state index contributed by atoms with van der Waals surface area (Å²) in [6, 6.07) is 5.05. The van der Waals surface area contributed by atoms with Gasteiger partial charge in [-0.15, -0.1) is 0 Å². The molecule has 0 N–H and O–H groups in total. The fraction of sp³-hybridized carbons (Fsp3) is 0.519. The maximum Gasteiger partial charge on any atom is 0.308 e. The van der Waals surface area contributed by atoms with Gasteiger partial charge in [-0.2, -0.15) is 0 Å². The first-order valence-corrected chi connectivity index (χ1v) is 21.4. The van der Waals surface area contributed by atoms with Crippen LogP contribution >= 0.6 is 0 Å². The molecular formula is C52H76O6. The van der Waals surface area contributed by atoms with Crippen LogP contribution in [-0.4, -0.2) is 24.5 Å². The Labute approximate surface area is 353 Å². The van der Waals surface area contributed by atoms with Crippen LogP contribution < -0.4 is 9.47 Å². The predicted octanol–water partition coefficient (Wildman–Crippen LogP) is 14.7. The number of esters is 3. The summed E-state index contributed by atoms with van der Waals surface area (Å²) in [5.41, 5.74) is 11.8. The summed E-state index contributed by atoms with van der Waals surface area (Å²) in [5.74, 6) is -0.0873. The highest BCUT2D eigenvalue weighted by molar-refractivity contribution is 5.71. The Bertz CT molecular complexity index is 1700. The first-order valence-electron chi connectivity index (χ1n) is 21.4. The molecule has 0 heterocycles. The Balaban J connectivity index is 2.51. The second-order valence-corrected chi connectivity index (χ2v) is 16.2. The predicted molar refractivity (Wildman–Crippen MR) is 244 cm³/mol. The van der Waals surface area contributed by atoms with Gasteiger partial charge in [-0.3, -0.25) is 14.4 Å². The van der Waals surface area contributed by atoms with Crippen molar-refractivity contribution >= 4 is 17.9 Å². The average Bonchev–Trinajstić information content (AvgIpc) is 3.13. The van der Waals surface area contributed by atoms with Gasteiger partial charge in [0.1, 0.15) is 18.1 Å². The molecule has 0 aliphatic heterocycles. The van der Waals surface area contributed by atoms with E-state index in [2.05, 4.69) is 104 Å². The largest absolute Gasteiger partial charge is 0.461 e. The van der Waals surface area contributed by atoms with Gasteiger partial charge in [0.15, 0.2) is 0 Å². The molecule has 0 spiro atoms. The van der Waals surface area contributed by atoms with Gasteiger partial charge in [0.25, 0.3) is 0 Å². The molecule has 1 aromatic carbocycles. The van der Waals surface area contributed by atoms with Crippen LogP contribution in [-0.2, 0) is 25.5 Å². The van der Waals surface area contributed by atoms with Crippen LogP contribution in [0.25, 0.3) is 0 Å². The number of hydrogen-bond donors (Lipinski definition) is 0. The first kappa shape index (κ1) is 51.6. The molecule has 0 bridgehead atoms. The SMILES string of the molecule is CC(=O)OC/C(=C/CC/C(C)=C/CC/C(C)=C/CC/C(C)=C/CC/C(C)=C/Cc1cc(OC(C)=O)ccc1OC(C)=O)CC/C=C(\C)CC/C=C(\C)CCC=C(C)C. The maximum absolute atomic E-state index is 11.6. The number of carbonyl (C=O) groups excluding carboxylic acids is 3. The number of benzene rings is 1. The van der Waals surface area contributed by atoms with Crippen LogP contribution in [0, 0.1) is 0 Å². The van der Waals surface area contributed by atoms with Crippen LogP contribution in [0.2, 0.25) is 0 Å². The van der Waals surface area contributed by atoms with E-state index >= 15 is 0 Å². The van der Waals surface area contributed by atoms with Gasteiger partial charge in [0.2, 0.25) is 0 Å². The lowest BCUT2D eigenvalue weighted by Gasteiger charge is -2.10. The van der Waals surface area contributed by atoms with E-state index in [-0.39, 0.29) is 11.9 Å². The zero-order chi connectivity index (χ0) is 43.3. The van der Waals surface area contributed by atoms with Crippen molar-refractivity contribution in [3.8, 4) is 11.5 Å². The van der Waals surface area contributed by atoms with Crippen molar-refractivity contribution in [2.24, 2.45) is 0 Å². The van der Waals surface area contributed by atoms with E-state index in [9.17, 15) is 14.4 Å². The lowest BCUT2D eigenvalue weighted by molar-refractivity contribution is -0.140. The zero-order valence-corrected chi connectivity index (χ0v) is 38.1. The Hall–Kier alpha value is -4.45. The number of rotatable bonds is 27. The standard InChI is InChI=1S/C52H76O6/c1-39(2)19-12-20-40(3)21-13-25-43(6)29-17-31-49(38-56-46(9)53)32-18-30-44(7)26-15-24-41(4)22-14-23-42(5)27-16-28-45(8)33-34-50-37-51(57-47(10)54)35-36-52(50)58-48(11)55/h19,21-22,26-27,29,32-33,35-37H,12-18,20,23-25,28,30-31,34,38H2,1-11H3/b40-21+,41-22+,42-27+,43-29+,44-26+,45-33+,49-32+. The average molecular weight is 797 g/mol. The Morgan fingerprint density at radius 2 is 0.845 bits per heavy atom. The van der Waals surface area contributed by atoms with Crippen molar-refractivity contribution in [1.82, 2.24) is 0 Å². The normalized spacial score (nSPS) is 13.4. The molecule has 1 rings (SSSR count). The summed E-state index contributed by atoms with van der Waals surface area (Å²) in [5, 5.41) is 0. The third kappa shape index (κ3) is 28.0. The number of carbonyl (C=O) groups is 3. The van der Waals surface area contributed by atoms with E-state index in [0.29, 0.717) is 24.5 Å². The molecular weight excluding hydrogens is 721 g/mol. The molecule has 0 radical (unpaired) electrons. The highest BCUT2D eigenvalue weighted by Crippen LogP contribution is 2.26. The van der Waals surface area contributed by atoms with Gasteiger partial charge in [-0.1, -0.05) is 87.6 Å². The Kier molecular flexibility index (Phi) is 27.2. The minimum atomic E-state index is -0.390. The van der Waals surface area contributed by atoms with Crippen molar-refractivity contribution in [2.45, 2.75) is 172 Å². The van der Waals surface area contributed by atoms with Crippen LogP contribution in [0.15, 0.2) is 111 Å². The van der Waals surface area contributed by atoms with Gasteiger partial charge in [-0.05, 0) is 175 Å². The van der Waals surface area contributed by atoms with E-state index in [1.54, 1.807) is 18.2 Å². The van der Waals surface area contributed by atoms with Crippen LogP contribution in [0.5, 0.6) is 11.5 Å². The van der Waals surface area contributed by atoms with Crippen molar-refractivity contribution in [2.75, 3.05) is 6.61 Å². The molecule has 0 fully saturated rings. The molecule has 0 saturated carbocycles. The van der Waals surface area contributed by atoms with Crippen LogP contribution in [0.3, 0.4) is 0 Å². The summed E-state index contributed by atoms with van der Waals surface area (Å²) in [6.45, 7) is 22.1. The minimum absolute atomic E-state index is 0.230. The molecule has 0 aliphatic carbocycles. The molecule has 0 aliphatic rings. The summed E-state index contributed by atoms with van der Waals surface area (Å²) in [4.78, 5) is 34.5. The first-order chi connectivity index (χ1) is 27.5. The summed E-state index contributed by atoms with van der Waals surface area (Å²) in [7, 11) is 0. The minimum Gasteiger partial charge on any atom is -0.461 e. The van der Waals surface area contributed by atoms with Gasteiger partial charge in [0, 0.05) is 26.3 Å². The highest BCUT2D eigenvalue weighted by Gasteiger charge is 2.09. The molecule has 58 heavy (non-hydrogen) atoms. The second kappa shape index (κ2) is 30.6. The zero-order valence-electron chi connectivity index (χ0n) is 38.1. The second-order valence-electron chi connectivity index (χ2n) is 16.2. The van der Waals surface area contributed by atoms with Crippen molar-refractivity contribution in [3.05, 3.63) is 117 Å². The van der Waals surface area contributed by atoms with E-state index in [0.717, 1.165) is 95.5 Å². The van der Waals surface area contributed by atoms with Crippen molar-refractivity contribution < 1.29 is 28.6 Å².